The van der Waals surface area contributed by atoms with Gasteiger partial charge in [0.2, 0.25) is 5.82 Å². The molecule has 2 atom stereocenters. The lowest BCUT2D eigenvalue weighted by atomic mass is 10.1. The fourth-order valence-corrected chi connectivity index (χ4v) is 6.64. The van der Waals surface area contributed by atoms with E-state index in [2.05, 4.69) is 32.1 Å². The van der Waals surface area contributed by atoms with Crippen molar-refractivity contribution in [1.29, 1.82) is 0 Å². The molecular weight excluding hydrogens is 609 g/mol. The Balaban J connectivity index is 1.44. The molecule has 0 aliphatic carbocycles. The average molecular weight is 642 g/mol. The van der Waals surface area contributed by atoms with Gasteiger partial charge in [-0.3, -0.25) is 14.6 Å². The standard InChI is InChI=1S/C28H32F5N7O3S/c1-16-4-3-5-38(16)12-21-24(17-8-18(28(31,32)33)10-19(29)9-17)36-27(44-21)37-25-23(30)26(35-15-34-25)40-7-6-39(13-22(41)42)20(11-40)14-43-2/h8-10,15-16,20H,3-7,11-14H2,1-2H3,(H,41,42)(H,34,35,36,37)/t16-,20-/m1/s1. The molecule has 0 saturated carbocycles. The highest BCUT2D eigenvalue weighted by Crippen LogP contribution is 2.39. The first-order valence-electron chi connectivity index (χ1n) is 14.0. The second kappa shape index (κ2) is 13.3. The van der Waals surface area contributed by atoms with Crippen molar-refractivity contribution >= 4 is 34.1 Å². The van der Waals surface area contributed by atoms with Crippen LogP contribution in [0.1, 0.15) is 30.2 Å². The molecule has 0 radical (unpaired) electrons. The molecule has 0 amide bonds. The molecule has 2 saturated heterocycles. The molecule has 2 aliphatic heterocycles. The molecule has 10 nitrogen and oxygen atoms in total. The third kappa shape index (κ3) is 7.25. The summed E-state index contributed by atoms with van der Waals surface area (Å²) >= 11 is 1.13. The maximum absolute atomic E-state index is 15.8. The van der Waals surface area contributed by atoms with Crippen LogP contribution >= 0.6 is 11.3 Å². The van der Waals surface area contributed by atoms with Crippen LogP contribution in [0, 0.1) is 11.6 Å². The molecule has 2 fully saturated rings. The molecule has 3 aromatic rings. The Labute approximate surface area is 254 Å². The van der Waals surface area contributed by atoms with Gasteiger partial charge in [0, 0.05) is 49.8 Å². The normalized spacial score (nSPS) is 19.9. The van der Waals surface area contributed by atoms with Crippen molar-refractivity contribution in [2.24, 2.45) is 0 Å². The monoisotopic (exact) mass is 641 g/mol. The molecule has 5 rings (SSSR count). The molecular formula is C28H32F5N7O3S. The van der Waals surface area contributed by atoms with Gasteiger partial charge in [0.1, 0.15) is 12.1 Å². The summed E-state index contributed by atoms with van der Waals surface area (Å²) in [6.45, 7) is 4.20. The van der Waals surface area contributed by atoms with Crippen LogP contribution in [0.4, 0.5) is 38.7 Å². The number of hydrogen-bond donors (Lipinski definition) is 2. The highest BCUT2D eigenvalue weighted by molar-refractivity contribution is 7.16. The summed E-state index contributed by atoms with van der Waals surface area (Å²) in [5.41, 5.74) is -0.985. The summed E-state index contributed by atoms with van der Waals surface area (Å²) in [4.78, 5) is 30.2. The predicted molar refractivity (Wildman–Crippen MR) is 154 cm³/mol. The second-order valence-electron chi connectivity index (χ2n) is 10.9. The van der Waals surface area contributed by atoms with Gasteiger partial charge in [-0.2, -0.15) is 17.6 Å². The van der Waals surface area contributed by atoms with E-state index in [1.165, 1.54) is 13.4 Å². The quantitative estimate of drug-likeness (QED) is 0.299. The van der Waals surface area contributed by atoms with Crippen molar-refractivity contribution in [2.75, 3.05) is 56.7 Å². The van der Waals surface area contributed by atoms with Crippen LogP contribution in [0.15, 0.2) is 24.5 Å². The Kier molecular flexibility index (Phi) is 9.62. The number of halogens is 5. The number of rotatable bonds is 10. The lowest BCUT2D eigenvalue weighted by Gasteiger charge is -2.40. The van der Waals surface area contributed by atoms with Crippen LogP contribution in [-0.2, 0) is 22.3 Å². The SMILES string of the molecule is COC[C@H]1CN(c2ncnc(Nc3nc(-c4cc(F)cc(C(F)(F)F)c4)c(CN4CCC[C@H]4C)s3)c2F)CCN1CC(=O)O. The second-order valence-corrected chi connectivity index (χ2v) is 12.0. The number of hydrogen-bond acceptors (Lipinski definition) is 10. The molecule has 0 spiro atoms. The number of nitrogens with one attached hydrogen (secondary N) is 1. The van der Waals surface area contributed by atoms with E-state index in [9.17, 15) is 27.5 Å². The Morgan fingerprint density at radius 3 is 2.64 bits per heavy atom. The van der Waals surface area contributed by atoms with Crippen molar-refractivity contribution < 1.29 is 36.6 Å². The molecule has 0 bridgehead atoms. The molecule has 2 N–H and O–H groups in total. The molecule has 2 aliphatic rings. The first kappa shape index (κ1) is 31.9. The summed E-state index contributed by atoms with van der Waals surface area (Å²) < 4.78 is 76.0. The summed E-state index contributed by atoms with van der Waals surface area (Å²) in [6.07, 6.45) is -1.62. The van der Waals surface area contributed by atoms with Gasteiger partial charge in [-0.05, 0) is 44.5 Å². The zero-order valence-corrected chi connectivity index (χ0v) is 24.9. The Morgan fingerprint density at radius 1 is 1.16 bits per heavy atom. The average Bonchev–Trinajstić information content (AvgIpc) is 3.55. The van der Waals surface area contributed by atoms with Gasteiger partial charge in [0.25, 0.3) is 0 Å². The number of carboxylic acid groups (broad SMARTS) is 1. The highest BCUT2D eigenvalue weighted by Gasteiger charge is 2.33. The minimum atomic E-state index is -4.75. The van der Waals surface area contributed by atoms with E-state index in [4.69, 9.17) is 4.74 Å². The van der Waals surface area contributed by atoms with Gasteiger partial charge in [0.05, 0.1) is 30.5 Å². The summed E-state index contributed by atoms with van der Waals surface area (Å²) in [5.74, 6) is -2.98. The number of likely N-dealkylation sites (tertiary alicyclic amines) is 1. The molecule has 16 heteroatoms. The number of aliphatic carboxylic acids is 1. The first-order chi connectivity index (χ1) is 20.9. The molecule has 238 valence electrons. The fraction of sp³-hybridized carbons (Fsp3) is 0.500. The number of ether oxygens (including phenoxy) is 1. The van der Waals surface area contributed by atoms with Crippen LogP contribution < -0.4 is 10.2 Å². The lowest BCUT2D eigenvalue weighted by molar-refractivity contribution is -0.139. The minimum absolute atomic E-state index is 0.00132. The van der Waals surface area contributed by atoms with E-state index >= 15 is 4.39 Å². The van der Waals surface area contributed by atoms with Crippen LogP contribution in [0.3, 0.4) is 0 Å². The minimum Gasteiger partial charge on any atom is -0.480 e. The van der Waals surface area contributed by atoms with Gasteiger partial charge in [0.15, 0.2) is 16.8 Å². The largest absolute Gasteiger partial charge is 0.480 e. The third-order valence-electron chi connectivity index (χ3n) is 7.83. The van der Waals surface area contributed by atoms with E-state index < -0.39 is 29.3 Å². The van der Waals surface area contributed by atoms with Crippen LogP contribution in [0.5, 0.6) is 0 Å². The van der Waals surface area contributed by atoms with E-state index in [-0.39, 0.29) is 59.8 Å². The number of aromatic nitrogens is 3. The zero-order chi connectivity index (χ0) is 31.6. The van der Waals surface area contributed by atoms with Crippen molar-refractivity contribution in [3.63, 3.8) is 0 Å². The zero-order valence-electron chi connectivity index (χ0n) is 24.1. The Morgan fingerprint density at radius 2 is 1.95 bits per heavy atom. The number of benzene rings is 1. The highest BCUT2D eigenvalue weighted by atomic mass is 32.1. The van der Waals surface area contributed by atoms with Crippen LogP contribution in [0.25, 0.3) is 11.3 Å². The van der Waals surface area contributed by atoms with Crippen molar-refractivity contribution in [3.05, 3.63) is 46.6 Å². The van der Waals surface area contributed by atoms with Crippen LogP contribution in [0.2, 0.25) is 0 Å². The van der Waals surface area contributed by atoms with Crippen molar-refractivity contribution in [3.8, 4) is 11.3 Å². The number of nitrogens with zero attached hydrogens (tertiary/aromatic N) is 6. The summed E-state index contributed by atoms with van der Waals surface area (Å²) in [7, 11) is 1.50. The molecule has 4 heterocycles. The van der Waals surface area contributed by atoms with Crippen LogP contribution in [-0.4, -0.2) is 94.4 Å². The molecule has 2 aromatic heterocycles. The molecule has 1 aromatic carbocycles. The van der Waals surface area contributed by atoms with E-state index in [1.807, 2.05) is 0 Å². The number of anilines is 3. The van der Waals surface area contributed by atoms with Gasteiger partial charge < -0.3 is 20.1 Å². The number of alkyl halides is 3. The number of carboxylic acids is 1. The number of thiazole rings is 1. The van der Waals surface area contributed by atoms with E-state index in [0.29, 0.717) is 30.6 Å². The number of piperazine rings is 1. The maximum Gasteiger partial charge on any atom is 0.416 e. The van der Waals surface area contributed by atoms with Gasteiger partial charge in [-0.15, -0.1) is 0 Å². The van der Waals surface area contributed by atoms with Gasteiger partial charge in [-0.1, -0.05) is 11.3 Å². The van der Waals surface area contributed by atoms with E-state index in [1.54, 1.807) is 9.80 Å². The lowest BCUT2D eigenvalue weighted by Crippen LogP contribution is -2.56. The Hall–Kier alpha value is -3.47. The maximum atomic E-state index is 15.8. The topological polar surface area (TPSA) is 107 Å². The third-order valence-corrected chi connectivity index (χ3v) is 8.79. The van der Waals surface area contributed by atoms with Gasteiger partial charge >= 0.3 is 12.1 Å². The summed E-state index contributed by atoms with van der Waals surface area (Å²) in [5, 5.41) is 12.3. The fourth-order valence-electron chi connectivity index (χ4n) is 5.63. The number of carbonyl (C=O) groups is 1. The number of methoxy groups -OCH3 is 1. The van der Waals surface area contributed by atoms with Crippen molar-refractivity contribution in [1.82, 2.24) is 24.8 Å². The predicted octanol–water partition coefficient (Wildman–Crippen LogP) is 4.85. The molecule has 0 unspecified atom stereocenters. The van der Waals surface area contributed by atoms with Gasteiger partial charge in [-0.25, -0.2) is 19.3 Å². The van der Waals surface area contributed by atoms with Crippen molar-refractivity contribution in [2.45, 2.75) is 44.6 Å². The Bertz CT molecular complexity index is 1490. The molecule has 44 heavy (non-hydrogen) atoms. The van der Waals surface area contributed by atoms with E-state index in [0.717, 1.165) is 42.9 Å². The summed E-state index contributed by atoms with van der Waals surface area (Å²) in [6, 6.07) is 2.24. The smallest absolute Gasteiger partial charge is 0.416 e. The first-order valence-corrected chi connectivity index (χ1v) is 14.8.